The Kier molecular flexibility index (Phi) is 4.54. The number of methoxy groups -OCH3 is 1. The Balaban J connectivity index is 2.29. The SMILES string of the molecule is CNCc1cc(S(=O)(=O)Nc2cccc(OC)c2)c(C)o1. The van der Waals surface area contributed by atoms with E-state index in [-0.39, 0.29) is 4.90 Å². The van der Waals surface area contributed by atoms with Gasteiger partial charge in [-0.25, -0.2) is 8.42 Å². The minimum absolute atomic E-state index is 0.135. The first kappa shape index (κ1) is 15.4. The van der Waals surface area contributed by atoms with Gasteiger partial charge in [0, 0.05) is 12.1 Å². The van der Waals surface area contributed by atoms with Gasteiger partial charge in [0.15, 0.2) is 0 Å². The van der Waals surface area contributed by atoms with E-state index in [9.17, 15) is 8.42 Å². The molecule has 0 amide bonds. The van der Waals surface area contributed by atoms with E-state index in [4.69, 9.17) is 9.15 Å². The third kappa shape index (κ3) is 3.56. The van der Waals surface area contributed by atoms with E-state index >= 15 is 0 Å². The van der Waals surface area contributed by atoms with Gasteiger partial charge in [-0.15, -0.1) is 0 Å². The molecule has 1 heterocycles. The summed E-state index contributed by atoms with van der Waals surface area (Å²) in [7, 11) is -0.403. The van der Waals surface area contributed by atoms with Gasteiger partial charge in [0.05, 0.1) is 19.3 Å². The van der Waals surface area contributed by atoms with E-state index in [0.717, 1.165) is 0 Å². The van der Waals surface area contributed by atoms with Crippen LogP contribution in [-0.2, 0) is 16.6 Å². The van der Waals surface area contributed by atoms with Gasteiger partial charge in [0.2, 0.25) is 0 Å². The molecule has 0 atom stereocenters. The molecule has 0 saturated heterocycles. The molecule has 0 unspecified atom stereocenters. The van der Waals surface area contributed by atoms with Crippen molar-refractivity contribution in [3.05, 3.63) is 41.9 Å². The lowest BCUT2D eigenvalue weighted by molar-refractivity contribution is 0.415. The highest BCUT2D eigenvalue weighted by Gasteiger charge is 2.21. The van der Waals surface area contributed by atoms with Crippen molar-refractivity contribution >= 4 is 15.7 Å². The second-order valence-electron chi connectivity index (χ2n) is 4.50. The number of ether oxygens (including phenoxy) is 1. The minimum atomic E-state index is -3.69. The summed E-state index contributed by atoms with van der Waals surface area (Å²) in [5.41, 5.74) is 0.435. The van der Waals surface area contributed by atoms with Crippen molar-refractivity contribution in [2.24, 2.45) is 0 Å². The fourth-order valence-corrected chi connectivity index (χ4v) is 3.20. The summed E-state index contributed by atoms with van der Waals surface area (Å²) in [6.07, 6.45) is 0. The maximum absolute atomic E-state index is 12.4. The molecule has 0 aliphatic rings. The fraction of sp³-hybridized carbons (Fsp3) is 0.286. The molecule has 2 N–H and O–H groups in total. The number of anilines is 1. The van der Waals surface area contributed by atoms with E-state index < -0.39 is 10.0 Å². The second-order valence-corrected chi connectivity index (χ2v) is 6.15. The second kappa shape index (κ2) is 6.19. The molecular weight excluding hydrogens is 292 g/mol. The lowest BCUT2D eigenvalue weighted by Crippen LogP contribution is -2.13. The summed E-state index contributed by atoms with van der Waals surface area (Å²) in [5, 5.41) is 2.92. The first-order valence-corrected chi connectivity index (χ1v) is 7.85. The van der Waals surface area contributed by atoms with Crippen molar-refractivity contribution in [2.75, 3.05) is 18.9 Å². The van der Waals surface area contributed by atoms with Crippen LogP contribution in [0.5, 0.6) is 5.75 Å². The molecule has 7 heteroatoms. The molecule has 0 spiro atoms. The molecule has 0 radical (unpaired) electrons. The minimum Gasteiger partial charge on any atom is -0.497 e. The summed E-state index contributed by atoms with van der Waals surface area (Å²) in [5.74, 6) is 1.51. The molecular formula is C14H18N2O4S. The van der Waals surface area contributed by atoms with E-state index in [1.54, 1.807) is 38.2 Å². The van der Waals surface area contributed by atoms with Crippen LogP contribution in [-0.4, -0.2) is 22.6 Å². The molecule has 0 bridgehead atoms. The van der Waals surface area contributed by atoms with Crippen molar-refractivity contribution in [1.82, 2.24) is 5.32 Å². The number of benzene rings is 1. The predicted octanol–water partition coefficient (Wildman–Crippen LogP) is 2.12. The maximum Gasteiger partial charge on any atom is 0.265 e. The Labute approximate surface area is 124 Å². The topological polar surface area (TPSA) is 80.6 Å². The molecule has 0 saturated carbocycles. The summed E-state index contributed by atoms with van der Waals surface area (Å²) in [4.78, 5) is 0.135. The van der Waals surface area contributed by atoms with Crippen LogP contribution in [0.2, 0.25) is 0 Å². The predicted molar refractivity (Wildman–Crippen MR) is 80.0 cm³/mol. The molecule has 2 rings (SSSR count). The van der Waals surface area contributed by atoms with Gasteiger partial charge in [-0.1, -0.05) is 6.07 Å². The highest BCUT2D eigenvalue weighted by Crippen LogP contribution is 2.24. The number of nitrogens with one attached hydrogen (secondary N) is 2. The fourth-order valence-electron chi connectivity index (χ4n) is 1.95. The molecule has 0 aliphatic carbocycles. The Hall–Kier alpha value is -1.99. The van der Waals surface area contributed by atoms with Gasteiger partial charge >= 0.3 is 0 Å². The van der Waals surface area contributed by atoms with Crippen molar-refractivity contribution in [3.8, 4) is 5.75 Å². The normalized spacial score (nSPS) is 11.4. The highest BCUT2D eigenvalue weighted by molar-refractivity contribution is 7.92. The number of furan rings is 1. The van der Waals surface area contributed by atoms with Crippen LogP contribution < -0.4 is 14.8 Å². The van der Waals surface area contributed by atoms with Crippen molar-refractivity contribution < 1.29 is 17.6 Å². The molecule has 0 fully saturated rings. The zero-order valence-electron chi connectivity index (χ0n) is 12.1. The highest BCUT2D eigenvalue weighted by atomic mass is 32.2. The summed E-state index contributed by atoms with van der Waals surface area (Å²) < 4.78 is 37.8. The van der Waals surface area contributed by atoms with Crippen LogP contribution in [0.15, 0.2) is 39.6 Å². The van der Waals surface area contributed by atoms with E-state index in [2.05, 4.69) is 10.0 Å². The van der Waals surface area contributed by atoms with Gasteiger partial charge in [-0.2, -0.15) is 0 Å². The number of rotatable bonds is 6. The molecule has 0 aliphatic heterocycles. The van der Waals surface area contributed by atoms with Crippen LogP contribution in [0.3, 0.4) is 0 Å². The Bertz CT molecular complexity index is 722. The average Bonchev–Trinajstić information content (AvgIpc) is 2.81. The Morgan fingerprint density at radius 3 is 2.71 bits per heavy atom. The monoisotopic (exact) mass is 310 g/mol. The molecule has 1 aromatic carbocycles. The van der Waals surface area contributed by atoms with Crippen molar-refractivity contribution in [1.29, 1.82) is 0 Å². The van der Waals surface area contributed by atoms with Crippen LogP contribution in [0, 0.1) is 6.92 Å². The van der Waals surface area contributed by atoms with Gasteiger partial charge < -0.3 is 14.5 Å². The Morgan fingerprint density at radius 1 is 1.29 bits per heavy atom. The van der Waals surface area contributed by atoms with E-state index in [1.807, 2.05) is 0 Å². The van der Waals surface area contributed by atoms with Crippen LogP contribution in [0.4, 0.5) is 5.69 Å². The van der Waals surface area contributed by atoms with E-state index in [1.165, 1.54) is 13.2 Å². The van der Waals surface area contributed by atoms with E-state index in [0.29, 0.717) is 29.5 Å². The maximum atomic E-state index is 12.4. The average molecular weight is 310 g/mol. The standard InChI is InChI=1S/C14H18N2O4S/c1-10-14(8-13(20-10)9-15-2)21(17,18)16-11-5-4-6-12(7-11)19-3/h4-8,15-16H,9H2,1-3H3. The largest absolute Gasteiger partial charge is 0.497 e. The number of hydrogen-bond donors (Lipinski definition) is 2. The van der Waals surface area contributed by atoms with Crippen LogP contribution in [0.25, 0.3) is 0 Å². The lowest BCUT2D eigenvalue weighted by Gasteiger charge is -2.08. The molecule has 21 heavy (non-hydrogen) atoms. The molecule has 1 aromatic heterocycles. The third-order valence-electron chi connectivity index (χ3n) is 2.89. The molecule has 114 valence electrons. The quantitative estimate of drug-likeness (QED) is 0.854. The number of sulfonamides is 1. The van der Waals surface area contributed by atoms with Gasteiger partial charge in [0.25, 0.3) is 10.0 Å². The molecule has 2 aromatic rings. The molecule has 6 nitrogen and oxygen atoms in total. The first-order valence-electron chi connectivity index (χ1n) is 6.37. The first-order chi connectivity index (χ1) is 9.96. The zero-order chi connectivity index (χ0) is 15.5. The van der Waals surface area contributed by atoms with Crippen molar-refractivity contribution in [3.63, 3.8) is 0 Å². The lowest BCUT2D eigenvalue weighted by atomic mass is 10.3. The van der Waals surface area contributed by atoms with Gasteiger partial charge in [-0.3, -0.25) is 4.72 Å². The van der Waals surface area contributed by atoms with Crippen LogP contribution in [0.1, 0.15) is 11.5 Å². The summed E-state index contributed by atoms with van der Waals surface area (Å²) in [6, 6.07) is 8.25. The number of aryl methyl sites for hydroxylation is 1. The summed E-state index contributed by atoms with van der Waals surface area (Å²) >= 11 is 0. The van der Waals surface area contributed by atoms with Gasteiger partial charge in [-0.05, 0) is 26.1 Å². The smallest absolute Gasteiger partial charge is 0.265 e. The van der Waals surface area contributed by atoms with Crippen molar-refractivity contribution in [2.45, 2.75) is 18.4 Å². The van der Waals surface area contributed by atoms with Crippen LogP contribution >= 0.6 is 0 Å². The number of hydrogen-bond acceptors (Lipinski definition) is 5. The zero-order valence-corrected chi connectivity index (χ0v) is 13.0. The summed E-state index contributed by atoms with van der Waals surface area (Å²) in [6.45, 7) is 2.09. The van der Waals surface area contributed by atoms with Gasteiger partial charge in [0.1, 0.15) is 22.2 Å². The Morgan fingerprint density at radius 2 is 2.05 bits per heavy atom. The third-order valence-corrected chi connectivity index (χ3v) is 4.37.